The summed E-state index contributed by atoms with van der Waals surface area (Å²) in [7, 11) is 2.66. The monoisotopic (exact) mass is 400 g/mol. The standard InChI is InChI=1S/C21H21ClN2O4/c1-5-10-24(13-15-8-6-14(2)7-9-15)21(26)23-18-12-19(27-3)16(11-17(18)22)20(25)28-4/h1,6-9,11-12H,10,13H2,2-4H3,(H,23,26). The molecule has 0 saturated heterocycles. The van der Waals surface area contributed by atoms with Crippen LogP contribution in [-0.2, 0) is 11.3 Å². The molecule has 0 aromatic heterocycles. The van der Waals surface area contributed by atoms with Gasteiger partial charge in [-0.05, 0) is 18.6 Å². The van der Waals surface area contributed by atoms with Gasteiger partial charge < -0.3 is 19.7 Å². The molecule has 0 fully saturated rings. The smallest absolute Gasteiger partial charge is 0.341 e. The van der Waals surface area contributed by atoms with E-state index in [1.54, 1.807) is 0 Å². The SMILES string of the molecule is C#CCN(Cc1ccc(C)cc1)C(=O)Nc1cc(OC)c(C(=O)OC)cc1Cl. The number of hydrogen-bond acceptors (Lipinski definition) is 4. The molecule has 0 aliphatic heterocycles. The number of benzene rings is 2. The second-order valence-corrected chi connectivity index (χ2v) is 6.41. The minimum absolute atomic E-state index is 0.120. The summed E-state index contributed by atoms with van der Waals surface area (Å²) in [6.45, 7) is 2.45. The first-order chi connectivity index (χ1) is 13.4. The van der Waals surface area contributed by atoms with Crippen LogP contribution in [0.2, 0.25) is 5.02 Å². The van der Waals surface area contributed by atoms with Gasteiger partial charge in [0.2, 0.25) is 0 Å². The first-order valence-electron chi connectivity index (χ1n) is 8.40. The minimum atomic E-state index is -0.593. The molecule has 0 saturated carbocycles. The van der Waals surface area contributed by atoms with Gasteiger partial charge >= 0.3 is 12.0 Å². The molecule has 2 aromatic carbocycles. The van der Waals surface area contributed by atoms with Crippen molar-refractivity contribution in [1.82, 2.24) is 4.90 Å². The van der Waals surface area contributed by atoms with E-state index < -0.39 is 12.0 Å². The van der Waals surface area contributed by atoms with Gasteiger partial charge in [-0.3, -0.25) is 0 Å². The Bertz CT molecular complexity index is 904. The second-order valence-electron chi connectivity index (χ2n) is 6.00. The van der Waals surface area contributed by atoms with E-state index in [2.05, 4.69) is 11.2 Å². The van der Waals surface area contributed by atoms with Crippen molar-refractivity contribution in [3.05, 3.63) is 58.1 Å². The Labute approximate surface area is 169 Å². The number of methoxy groups -OCH3 is 2. The average molecular weight is 401 g/mol. The molecule has 0 bridgehead atoms. The summed E-state index contributed by atoms with van der Waals surface area (Å²) in [6.07, 6.45) is 5.41. The number of anilines is 1. The molecule has 1 N–H and O–H groups in total. The number of ether oxygens (including phenoxy) is 2. The first kappa shape index (κ1) is 21.1. The quantitative estimate of drug-likeness (QED) is 0.585. The van der Waals surface area contributed by atoms with Gasteiger partial charge in [0.05, 0.1) is 31.5 Å². The normalized spacial score (nSPS) is 9.96. The third-order valence-corrected chi connectivity index (χ3v) is 4.31. The number of urea groups is 1. The predicted molar refractivity (Wildman–Crippen MR) is 109 cm³/mol. The van der Waals surface area contributed by atoms with Gasteiger partial charge in [-0.15, -0.1) is 6.42 Å². The Morgan fingerprint density at radius 2 is 1.89 bits per heavy atom. The van der Waals surface area contributed by atoms with E-state index in [1.165, 1.54) is 31.3 Å². The van der Waals surface area contributed by atoms with Crippen molar-refractivity contribution in [3.8, 4) is 18.1 Å². The maximum Gasteiger partial charge on any atom is 0.341 e. The van der Waals surface area contributed by atoms with E-state index in [-0.39, 0.29) is 22.9 Å². The summed E-state index contributed by atoms with van der Waals surface area (Å²) in [4.78, 5) is 26.0. The summed E-state index contributed by atoms with van der Waals surface area (Å²) in [6, 6.07) is 10.2. The molecule has 2 rings (SSSR count). The Balaban J connectivity index is 2.24. The third-order valence-electron chi connectivity index (χ3n) is 4.00. The van der Waals surface area contributed by atoms with Crippen LogP contribution < -0.4 is 10.1 Å². The van der Waals surface area contributed by atoms with Gasteiger partial charge in [-0.25, -0.2) is 9.59 Å². The molecular formula is C21H21ClN2O4. The molecule has 0 aliphatic carbocycles. The van der Waals surface area contributed by atoms with Crippen molar-refractivity contribution in [1.29, 1.82) is 0 Å². The number of halogens is 1. The molecule has 0 aliphatic rings. The van der Waals surface area contributed by atoms with Gasteiger partial charge in [-0.1, -0.05) is 47.4 Å². The van der Waals surface area contributed by atoms with Crippen molar-refractivity contribution in [2.45, 2.75) is 13.5 Å². The van der Waals surface area contributed by atoms with Crippen LogP contribution in [0.5, 0.6) is 5.75 Å². The Morgan fingerprint density at radius 3 is 2.46 bits per heavy atom. The van der Waals surface area contributed by atoms with Crippen molar-refractivity contribution in [3.63, 3.8) is 0 Å². The Morgan fingerprint density at radius 1 is 1.21 bits per heavy atom. The van der Waals surface area contributed by atoms with E-state index in [1.807, 2.05) is 31.2 Å². The molecule has 0 spiro atoms. The lowest BCUT2D eigenvalue weighted by Crippen LogP contribution is -2.34. The van der Waals surface area contributed by atoms with Crippen molar-refractivity contribution >= 4 is 29.3 Å². The predicted octanol–water partition coefficient (Wildman–Crippen LogP) is 4.11. The molecule has 0 atom stereocenters. The van der Waals surface area contributed by atoms with E-state index in [0.717, 1.165) is 11.1 Å². The van der Waals surface area contributed by atoms with E-state index in [0.29, 0.717) is 12.2 Å². The lowest BCUT2D eigenvalue weighted by Gasteiger charge is -2.22. The number of rotatable bonds is 6. The van der Waals surface area contributed by atoms with Crippen LogP contribution in [-0.4, -0.2) is 37.7 Å². The highest BCUT2D eigenvalue weighted by atomic mass is 35.5. The van der Waals surface area contributed by atoms with Gasteiger partial charge in [0.1, 0.15) is 11.3 Å². The van der Waals surface area contributed by atoms with Crippen LogP contribution in [0.1, 0.15) is 21.5 Å². The zero-order chi connectivity index (χ0) is 20.7. The highest BCUT2D eigenvalue weighted by Crippen LogP contribution is 2.31. The van der Waals surface area contributed by atoms with Crippen LogP contribution in [0.25, 0.3) is 0 Å². The van der Waals surface area contributed by atoms with Crippen molar-refractivity contribution in [2.75, 3.05) is 26.1 Å². The second kappa shape index (κ2) is 9.67. The van der Waals surface area contributed by atoms with Gasteiger partial charge in [0, 0.05) is 12.6 Å². The summed E-state index contributed by atoms with van der Waals surface area (Å²) >= 11 is 6.23. The molecule has 2 aromatic rings. The Hall–Kier alpha value is -3.17. The first-order valence-corrected chi connectivity index (χ1v) is 8.78. The minimum Gasteiger partial charge on any atom is -0.496 e. The van der Waals surface area contributed by atoms with Crippen LogP contribution in [0, 0.1) is 19.3 Å². The molecule has 6 nitrogen and oxygen atoms in total. The van der Waals surface area contributed by atoms with Gasteiger partial charge in [0.15, 0.2) is 0 Å². The van der Waals surface area contributed by atoms with Gasteiger partial charge in [0.25, 0.3) is 0 Å². The average Bonchev–Trinajstić information content (AvgIpc) is 2.69. The van der Waals surface area contributed by atoms with E-state index in [4.69, 9.17) is 27.5 Å². The zero-order valence-corrected chi connectivity index (χ0v) is 16.7. The fourth-order valence-electron chi connectivity index (χ4n) is 2.51. The van der Waals surface area contributed by atoms with Crippen LogP contribution in [0.15, 0.2) is 36.4 Å². The molecule has 0 heterocycles. The summed E-state index contributed by atoms with van der Waals surface area (Å²) in [5, 5.41) is 2.88. The number of carbonyl (C=O) groups excluding carboxylic acids is 2. The molecular weight excluding hydrogens is 380 g/mol. The number of amides is 2. The molecule has 0 unspecified atom stereocenters. The topological polar surface area (TPSA) is 67.9 Å². The number of nitrogens with zero attached hydrogens (tertiary/aromatic N) is 1. The zero-order valence-electron chi connectivity index (χ0n) is 15.9. The largest absolute Gasteiger partial charge is 0.496 e. The van der Waals surface area contributed by atoms with Crippen molar-refractivity contribution < 1.29 is 19.1 Å². The number of nitrogens with one attached hydrogen (secondary N) is 1. The molecule has 146 valence electrons. The lowest BCUT2D eigenvalue weighted by atomic mass is 10.1. The maximum atomic E-state index is 12.7. The highest BCUT2D eigenvalue weighted by Gasteiger charge is 2.19. The number of hydrogen-bond donors (Lipinski definition) is 1. The Kier molecular flexibility index (Phi) is 7.30. The summed E-state index contributed by atoms with van der Waals surface area (Å²) in [5.41, 5.74) is 2.53. The lowest BCUT2D eigenvalue weighted by molar-refractivity contribution is 0.0597. The van der Waals surface area contributed by atoms with E-state index >= 15 is 0 Å². The summed E-state index contributed by atoms with van der Waals surface area (Å²) in [5.74, 6) is 2.12. The molecule has 28 heavy (non-hydrogen) atoms. The highest BCUT2D eigenvalue weighted by molar-refractivity contribution is 6.34. The number of terminal acetylenes is 1. The molecule has 0 radical (unpaired) electrons. The molecule has 7 heteroatoms. The number of aryl methyl sites for hydroxylation is 1. The third kappa shape index (κ3) is 5.18. The fraction of sp³-hybridized carbons (Fsp3) is 0.238. The van der Waals surface area contributed by atoms with E-state index in [9.17, 15) is 9.59 Å². The summed E-state index contributed by atoms with van der Waals surface area (Å²) < 4.78 is 9.91. The number of carbonyl (C=O) groups is 2. The van der Waals surface area contributed by atoms with Crippen LogP contribution in [0.4, 0.5) is 10.5 Å². The fourth-order valence-corrected chi connectivity index (χ4v) is 2.72. The van der Waals surface area contributed by atoms with Gasteiger partial charge in [-0.2, -0.15) is 0 Å². The molecule has 2 amide bonds. The number of esters is 1. The van der Waals surface area contributed by atoms with Crippen LogP contribution in [0.3, 0.4) is 0 Å². The van der Waals surface area contributed by atoms with Crippen LogP contribution >= 0.6 is 11.6 Å². The maximum absolute atomic E-state index is 12.7. The van der Waals surface area contributed by atoms with Crippen molar-refractivity contribution in [2.24, 2.45) is 0 Å².